The lowest BCUT2D eigenvalue weighted by molar-refractivity contribution is -0.138. The first-order chi connectivity index (χ1) is 10.1. The lowest BCUT2D eigenvalue weighted by atomic mass is 10.1. The van der Waals surface area contributed by atoms with E-state index in [-0.39, 0.29) is 0 Å². The van der Waals surface area contributed by atoms with Gasteiger partial charge in [-0.05, 0) is 29.8 Å². The molecule has 110 valence electrons. The highest BCUT2D eigenvalue weighted by Crippen LogP contribution is 2.20. The van der Waals surface area contributed by atoms with E-state index >= 15 is 0 Å². The molecule has 0 aliphatic rings. The quantitative estimate of drug-likeness (QED) is 0.503. The number of esters is 1. The Morgan fingerprint density at radius 3 is 2.67 bits per heavy atom. The summed E-state index contributed by atoms with van der Waals surface area (Å²) in [5.74, 6) is 0.401. The SMILES string of the molecule is C/C(N)=C/C(=O)OCCCOc1ccc2ccccc2c1. The first-order valence-electron chi connectivity index (χ1n) is 6.87. The molecule has 0 aliphatic carbocycles. The van der Waals surface area contributed by atoms with Gasteiger partial charge < -0.3 is 15.2 Å². The Balaban J connectivity index is 1.75. The maximum absolute atomic E-state index is 11.2. The number of fused-ring (bicyclic) bond motifs is 1. The zero-order chi connectivity index (χ0) is 15.1. The Morgan fingerprint density at radius 2 is 1.90 bits per heavy atom. The van der Waals surface area contributed by atoms with Crippen molar-refractivity contribution in [3.05, 3.63) is 54.2 Å². The molecule has 2 rings (SSSR count). The van der Waals surface area contributed by atoms with Crippen molar-refractivity contribution in [2.24, 2.45) is 5.73 Å². The van der Waals surface area contributed by atoms with Crippen molar-refractivity contribution in [3.63, 3.8) is 0 Å². The first kappa shape index (κ1) is 14.9. The van der Waals surface area contributed by atoms with Crippen LogP contribution >= 0.6 is 0 Å². The molecule has 4 heteroatoms. The van der Waals surface area contributed by atoms with Crippen molar-refractivity contribution >= 4 is 16.7 Å². The zero-order valence-electron chi connectivity index (χ0n) is 12.0. The average molecular weight is 285 g/mol. The number of rotatable bonds is 6. The van der Waals surface area contributed by atoms with Gasteiger partial charge in [0.1, 0.15) is 5.75 Å². The van der Waals surface area contributed by atoms with E-state index in [1.807, 2.05) is 36.4 Å². The fraction of sp³-hybridized carbons (Fsp3) is 0.235. The van der Waals surface area contributed by atoms with Gasteiger partial charge in [0.2, 0.25) is 0 Å². The maximum atomic E-state index is 11.2. The van der Waals surface area contributed by atoms with Gasteiger partial charge in [-0.15, -0.1) is 0 Å². The fourth-order valence-corrected chi connectivity index (χ4v) is 1.91. The first-order valence-corrected chi connectivity index (χ1v) is 6.87. The van der Waals surface area contributed by atoms with Gasteiger partial charge >= 0.3 is 5.97 Å². The molecule has 0 unspecified atom stereocenters. The van der Waals surface area contributed by atoms with E-state index in [2.05, 4.69) is 6.07 Å². The van der Waals surface area contributed by atoms with Crippen molar-refractivity contribution in [3.8, 4) is 5.75 Å². The van der Waals surface area contributed by atoms with Gasteiger partial charge in [0.05, 0.1) is 13.2 Å². The molecule has 0 spiro atoms. The molecular weight excluding hydrogens is 266 g/mol. The number of allylic oxidation sites excluding steroid dienone is 1. The summed E-state index contributed by atoms with van der Waals surface area (Å²) in [7, 11) is 0. The predicted octanol–water partition coefficient (Wildman–Crippen LogP) is 3.01. The molecule has 0 radical (unpaired) electrons. The van der Waals surface area contributed by atoms with E-state index < -0.39 is 5.97 Å². The summed E-state index contributed by atoms with van der Waals surface area (Å²) in [6.07, 6.45) is 1.90. The van der Waals surface area contributed by atoms with E-state index in [0.717, 1.165) is 11.1 Å². The second-order valence-corrected chi connectivity index (χ2v) is 4.77. The van der Waals surface area contributed by atoms with Gasteiger partial charge in [-0.3, -0.25) is 0 Å². The van der Waals surface area contributed by atoms with Crippen LogP contribution in [-0.2, 0) is 9.53 Å². The molecule has 0 amide bonds. The maximum Gasteiger partial charge on any atom is 0.332 e. The van der Waals surface area contributed by atoms with Crippen molar-refractivity contribution < 1.29 is 14.3 Å². The topological polar surface area (TPSA) is 61.6 Å². The third-order valence-corrected chi connectivity index (χ3v) is 2.87. The smallest absolute Gasteiger partial charge is 0.332 e. The molecule has 0 saturated heterocycles. The number of hydrogen-bond donors (Lipinski definition) is 1. The van der Waals surface area contributed by atoms with Crippen LogP contribution in [0.1, 0.15) is 13.3 Å². The summed E-state index contributed by atoms with van der Waals surface area (Å²) in [4.78, 5) is 11.2. The molecule has 0 heterocycles. The summed E-state index contributed by atoms with van der Waals surface area (Å²) in [6.45, 7) is 2.46. The largest absolute Gasteiger partial charge is 0.493 e. The number of hydrogen-bond acceptors (Lipinski definition) is 4. The Labute approximate surface area is 124 Å². The third kappa shape index (κ3) is 4.84. The van der Waals surface area contributed by atoms with E-state index in [1.54, 1.807) is 6.92 Å². The van der Waals surface area contributed by atoms with Crippen LogP contribution in [0.5, 0.6) is 5.75 Å². The van der Waals surface area contributed by atoms with Gasteiger partial charge in [-0.1, -0.05) is 30.3 Å². The van der Waals surface area contributed by atoms with Crippen molar-refractivity contribution in [2.45, 2.75) is 13.3 Å². The number of benzene rings is 2. The summed E-state index contributed by atoms with van der Waals surface area (Å²) in [5, 5.41) is 2.33. The Morgan fingerprint density at radius 1 is 1.14 bits per heavy atom. The molecule has 0 aliphatic heterocycles. The van der Waals surface area contributed by atoms with E-state index in [0.29, 0.717) is 25.3 Å². The molecule has 2 aromatic carbocycles. The van der Waals surface area contributed by atoms with Crippen molar-refractivity contribution in [1.29, 1.82) is 0 Å². The number of nitrogens with two attached hydrogens (primary N) is 1. The van der Waals surface area contributed by atoms with Gasteiger partial charge in [0.25, 0.3) is 0 Å². The van der Waals surface area contributed by atoms with Crippen LogP contribution in [0.2, 0.25) is 0 Å². The fourth-order valence-electron chi connectivity index (χ4n) is 1.91. The Kier molecular flexibility index (Phi) is 5.21. The van der Waals surface area contributed by atoms with Gasteiger partial charge in [-0.2, -0.15) is 0 Å². The van der Waals surface area contributed by atoms with Gasteiger partial charge in [-0.25, -0.2) is 4.79 Å². The highest BCUT2D eigenvalue weighted by Gasteiger charge is 2.00. The van der Waals surface area contributed by atoms with Crippen LogP contribution in [0.15, 0.2) is 54.2 Å². The van der Waals surface area contributed by atoms with E-state index in [4.69, 9.17) is 15.2 Å². The molecule has 0 bridgehead atoms. The molecule has 0 fully saturated rings. The summed E-state index contributed by atoms with van der Waals surface area (Å²) in [6, 6.07) is 14.1. The van der Waals surface area contributed by atoms with Gasteiger partial charge in [0, 0.05) is 18.2 Å². The van der Waals surface area contributed by atoms with Gasteiger partial charge in [0.15, 0.2) is 0 Å². The standard InChI is InChI=1S/C17H19NO3/c1-13(18)11-17(19)21-10-4-9-20-16-8-7-14-5-2-3-6-15(14)12-16/h2-3,5-8,11-12H,4,9-10,18H2,1H3/b13-11-. The minimum atomic E-state index is -0.416. The van der Waals surface area contributed by atoms with Crippen LogP contribution in [0.3, 0.4) is 0 Å². The normalized spacial score (nSPS) is 11.4. The Hall–Kier alpha value is -2.49. The molecule has 2 aromatic rings. The van der Waals surface area contributed by atoms with Crippen LogP contribution in [0.4, 0.5) is 0 Å². The van der Waals surface area contributed by atoms with E-state index in [1.165, 1.54) is 11.5 Å². The van der Waals surface area contributed by atoms with Crippen LogP contribution in [0, 0.1) is 0 Å². The second kappa shape index (κ2) is 7.33. The molecule has 0 saturated carbocycles. The zero-order valence-corrected chi connectivity index (χ0v) is 12.0. The number of carbonyl (C=O) groups is 1. The average Bonchev–Trinajstić information content (AvgIpc) is 2.46. The predicted molar refractivity (Wildman–Crippen MR) is 83.0 cm³/mol. The monoisotopic (exact) mass is 285 g/mol. The minimum absolute atomic E-state index is 0.316. The summed E-state index contributed by atoms with van der Waals surface area (Å²) < 4.78 is 10.6. The van der Waals surface area contributed by atoms with Crippen LogP contribution in [-0.4, -0.2) is 19.2 Å². The van der Waals surface area contributed by atoms with Crippen LogP contribution in [0.25, 0.3) is 10.8 Å². The second-order valence-electron chi connectivity index (χ2n) is 4.77. The number of carbonyl (C=O) groups excluding carboxylic acids is 1. The third-order valence-electron chi connectivity index (χ3n) is 2.87. The lowest BCUT2D eigenvalue weighted by Crippen LogP contribution is -2.08. The molecule has 2 N–H and O–H groups in total. The molecule has 4 nitrogen and oxygen atoms in total. The molecule has 0 atom stereocenters. The van der Waals surface area contributed by atoms with Crippen molar-refractivity contribution in [2.75, 3.05) is 13.2 Å². The van der Waals surface area contributed by atoms with Crippen LogP contribution < -0.4 is 10.5 Å². The summed E-state index contributed by atoms with van der Waals surface area (Å²) >= 11 is 0. The number of ether oxygens (including phenoxy) is 2. The molecular formula is C17H19NO3. The summed E-state index contributed by atoms with van der Waals surface area (Å²) in [5.41, 5.74) is 5.82. The van der Waals surface area contributed by atoms with Crippen molar-refractivity contribution in [1.82, 2.24) is 0 Å². The van der Waals surface area contributed by atoms with E-state index in [9.17, 15) is 4.79 Å². The molecule has 0 aromatic heterocycles. The Bertz CT molecular complexity index is 645. The highest BCUT2D eigenvalue weighted by molar-refractivity contribution is 5.83. The lowest BCUT2D eigenvalue weighted by Gasteiger charge is -2.07. The highest BCUT2D eigenvalue weighted by atomic mass is 16.5. The minimum Gasteiger partial charge on any atom is -0.493 e. The molecule has 21 heavy (non-hydrogen) atoms.